The van der Waals surface area contributed by atoms with Gasteiger partial charge in [0.05, 0.1) is 10.7 Å². The Morgan fingerprint density at radius 3 is 2.75 bits per heavy atom. The van der Waals surface area contributed by atoms with Gasteiger partial charge < -0.3 is 10.2 Å². The Balaban J connectivity index is 1.39. The summed E-state index contributed by atoms with van der Waals surface area (Å²) in [6.45, 7) is 6.34. The number of benzene rings is 1. The van der Waals surface area contributed by atoms with Gasteiger partial charge in [0.1, 0.15) is 0 Å². The van der Waals surface area contributed by atoms with Gasteiger partial charge in [-0.05, 0) is 49.9 Å². The maximum absolute atomic E-state index is 12.1. The van der Waals surface area contributed by atoms with Crippen molar-refractivity contribution in [1.29, 1.82) is 0 Å². The summed E-state index contributed by atoms with van der Waals surface area (Å²) < 4.78 is 0. The van der Waals surface area contributed by atoms with Crippen molar-refractivity contribution < 1.29 is 4.79 Å². The summed E-state index contributed by atoms with van der Waals surface area (Å²) in [6.07, 6.45) is 2.92. The van der Waals surface area contributed by atoms with Crippen LogP contribution < -0.4 is 16.2 Å². The lowest BCUT2D eigenvalue weighted by Gasteiger charge is -2.35. The molecule has 6 heteroatoms. The summed E-state index contributed by atoms with van der Waals surface area (Å²) in [7, 11) is 0. The molecule has 2 aliphatic rings. The molecule has 0 aliphatic carbocycles. The number of hydrazine groups is 1. The monoisotopic (exact) mass is 350 g/mol. The molecule has 2 atom stereocenters. The number of amides is 1. The van der Waals surface area contributed by atoms with Gasteiger partial charge in [0.2, 0.25) is 5.91 Å². The van der Waals surface area contributed by atoms with Crippen LogP contribution in [0.15, 0.2) is 24.3 Å². The third-order valence-electron chi connectivity index (χ3n) is 5.25. The van der Waals surface area contributed by atoms with Crippen molar-refractivity contribution in [3.8, 4) is 0 Å². The Hall–Kier alpha value is -1.14. The van der Waals surface area contributed by atoms with Gasteiger partial charge in [0.15, 0.2) is 0 Å². The highest BCUT2D eigenvalue weighted by molar-refractivity contribution is 6.33. The average molecular weight is 351 g/mol. The van der Waals surface area contributed by atoms with Gasteiger partial charge >= 0.3 is 0 Å². The van der Waals surface area contributed by atoms with Crippen LogP contribution in [0.25, 0.3) is 0 Å². The van der Waals surface area contributed by atoms with E-state index in [1.165, 1.54) is 12.8 Å². The number of rotatable bonds is 5. The molecule has 1 amide bonds. The van der Waals surface area contributed by atoms with E-state index >= 15 is 0 Å². The molecule has 2 fully saturated rings. The summed E-state index contributed by atoms with van der Waals surface area (Å²) in [5.41, 5.74) is 7.39. The van der Waals surface area contributed by atoms with E-state index < -0.39 is 0 Å². The first-order valence-electron chi connectivity index (χ1n) is 8.88. The molecule has 2 heterocycles. The lowest BCUT2D eigenvalue weighted by Crippen LogP contribution is -2.44. The quantitative estimate of drug-likeness (QED) is 0.763. The van der Waals surface area contributed by atoms with Crippen LogP contribution in [0.5, 0.6) is 0 Å². The molecule has 3 rings (SSSR count). The second-order valence-corrected chi connectivity index (χ2v) is 7.39. The van der Waals surface area contributed by atoms with Gasteiger partial charge in [-0.25, -0.2) is 0 Å². The number of halogens is 1. The summed E-state index contributed by atoms with van der Waals surface area (Å²) >= 11 is 6.07. The van der Waals surface area contributed by atoms with Crippen molar-refractivity contribution in [1.82, 2.24) is 15.8 Å². The van der Waals surface area contributed by atoms with Gasteiger partial charge in [-0.3, -0.25) is 15.6 Å². The average Bonchev–Trinajstić information content (AvgIpc) is 3.02. The minimum Gasteiger partial charge on any atom is -0.325 e. The third-order valence-corrected chi connectivity index (χ3v) is 5.58. The van der Waals surface area contributed by atoms with Crippen LogP contribution in [0.2, 0.25) is 5.02 Å². The first-order chi connectivity index (χ1) is 11.6. The van der Waals surface area contributed by atoms with Gasteiger partial charge in [0, 0.05) is 25.6 Å². The van der Waals surface area contributed by atoms with E-state index in [1.807, 2.05) is 18.2 Å². The normalized spacial score (nSPS) is 25.8. The van der Waals surface area contributed by atoms with E-state index in [1.54, 1.807) is 6.07 Å². The number of likely N-dealkylation sites (tertiary alicyclic amines) is 1. The summed E-state index contributed by atoms with van der Waals surface area (Å²) in [5, 5.41) is 3.48. The zero-order valence-electron chi connectivity index (χ0n) is 14.2. The topological polar surface area (TPSA) is 56.4 Å². The Kier molecular flexibility index (Phi) is 6.11. The molecule has 5 nitrogen and oxygen atoms in total. The van der Waals surface area contributed by atoms with Crippen LogP contribution in [0.1, 0.15) is 26.2 Å². The SMILES string of the molecule is CC1CNNC1C1CCN(CCC(=O)Nc2ccccc2Cl)CC1. The standard InChI is InChI=1S/C18H27ClN4O/c1-13-12-20-22-18(13)14-6-9-23(10-7-14)11-8-17(24)21-16-5-3-2-4-15(16)19/h2-5,13-14,18,20,22H,6-12H2,1H3,(H,21,24). The van der Waals surface area contributed by atoms with Crippen molar-refractivity contribution in [3.05, 3.63) is 29.3 Å². The summed E-state index contributed by atoms with van der Waals surface area (Å²) in [4.78, 5) is 14.5. The number of hydrogen-bond acceptors (Lipinski definition) is 4. The molecule has 132 valence electrons. The number of carbonyl (C=O) groups is 1. The Morgan fingerprint density at radius 1 is 1.33 bits per heavy atom. The maximum Gasteiger partial charge on any atom is 0.225 e. The summed E-state index contributed by atoms with van der Waals surface area (Å²) in [6, 6.07) is 7.94. The van der Waals surface area contributed by atoms with Gasteiger partial charge in [0.25, 0.3) is 0 Å². The van der Waals surface area contributed by atoms with E-state index in [4.69, 9.17) is 11.6 Å². The van der Waals surface area contributed by atoms with E-state index in [9.17, 15) is 4.79 Å². The van der Waals surface area contributed by atoms with Crippen LogP contribution in [0.4, 0.5) is 5.69 Å². The van der Waals surface area contributed by atoms with Crippen molar-refractivity contribution >= 4 is 23.2 Å². The molecule has 2 aliphatic heterocycles. The minimum atomic E-state index is 0.0282. The molecule has 3 N–H and O–H groups in total. The van der Waals surface area contributed by atoms with Gasteiger partial charge in [-0.15, -0.1) is 0 Å². The number of nitrogens with zero attached hydrogens (tertiary/aromatic N) is 1. The van der Waals surface area contributed by atoms with Crippen molar-refractivity contribution in [2.45, 2.75) is 32.2 Å². The molecule has 0 aromatic heterocycles. The first kappa shape index (κ1) is 17.7. The maximum atomic E-state index is 12.1. The lowest BCUT2D eigenvalue weighted by atomic mass is 9.84. The number of nitrogens with one attached hydrogen (secondary N) is 3. The van der Waals surface area contributed by atoms with E-state index in [2.05, 4.69) is 28.0 Å². The number of hydrogen-bond donors (Lipinski definition) is 3. The van der Waals surface area contributed by atoms with E-state index in [0.29, 0.717) is 29.1 Å². The van der Waals surface area contributed by atoms with Crippen LogP contribution in [-0.2, 0) is 4.79 Å². The molecular weight excluding hydrogens is 324 g/mol. The molecule has 0 bridgehead atoms. The molecule has 2 unspecified atom stereocenters. The predicted molar refractivity (Wildman–Crippen MR) is 98.0 cm³/mol. The molecule has 2 saturated heterocycles. The molecule has 0 radical (unpaired) electrons. The number of piperidine rings is 1. The first-order valence-corrected chi connectivity index (χ1v) is 9.26. The molecule has 1 aromatic rings. The Labute approximate surface area is 149 Å². The highest BCUT2D eigenvalue weighted by Gasteiger charge is 2.32. The fourth-order valence-corrected chi connectivity index (χ4v) is 3.94. The number of para-hydroxylation sites is 1. The minimum absolute atomic E-state index is 0.0282. The smallest absolute Gasteiger partial charge is 0.225 e. The zero-order chi connectivity index (χ0) is 16.9. The number of anilines is 1. The predicted octanol–water partition coefficient (Wildman–Crippen LogP) is 2.49. The van der Waals surface area contributed by atoms with Gasteiger partial charge in [-0.2, -0.15) is 0 Å². The fourth-order valence-electron chi connectivity index (χ4n) is 3.76. The summed E-state index contributed by atoms with van der Waals surface area (Å²) in [5.74, 6) is 1.46. The highest BCUT2D eigenvalue weighted by atomic mass is 35.5. The lowest BCUT2D eigenvalue weighted by molar-refractivity contribution is -0.116. The third kappa shape index (κ3) is 4.48. The van der Waals surface area contributed by atoms with E-state index in [-0.39, 0.29) is 5.91 Å². The van der Waals surface area contributed by atoms with E-state index in [0.717, 1.165) is 32.1 Å². The van der Waals surface area contributed by atoms with Crippen molar-refractivity contribution in [3.63, 3.8) is 0 Å². The van der Waals surface area contributed by atoms with Crippen LogP contribution in [-0.4, -0.2) is 43.0 Å². The van der Waals surface area contributed by atoms with Gasteiger partial charge in [-0.1, -0.05) is 30.7 Å². The second-order valence-electron chi connectivity index (χ2n) is 6.99. The highest BCUT2D eigenvalue weighted by Crippen LogP contribution is 2.26. The Bertz CT molecular complexity index is 560. The molecular formula is C18H27ClN4O. The Morgan fingerprint density at radius 2 is 2.08 bits per heavy atom. The number of carbonyl (C=O) groups excluding carboxylic acids is 1. The molecule has 24 heavy (non-hydrogen) atoms. The van der Waals surface area contributed by atoms with Crippen LogP contribution in [0.3, 0.4) is 0 Å². The van der Waals surface area contributed by atoms with Crippen LogP contribution >= 0.6 is 11.6 Å². The van der Waals surface area contributed by atoms with Crippen molar-refractivity contribution in [2.75, 3.05) is 31.5 Å². The largest absolute Gasteiger partial charge is 0.325 e. The van der Waals surface area contributed by atoms with Crippen LogP contribution in [0, 0.1) is 11.8 Å². The molecule has 0 spiro atoms. The zero-order valence-corrected chi connectivity index (χ0v) is 15.0. The second kappa shape index (κ2) is 8.30. The molecule has 0 saturated carbocycles. The van der Waals surface area contributed by atoms with Crippen molar-refractivity contribution in [2.24, 2.45) is 11.8 Å². The fraction of sp³-hybridized carbons (Fsp3) is 0.611. The molecule has 1 aromatic carbocycles.